The van der Waals surface area contributed by atoms with E-state index in [0.29, 0.717) is 0 Å². The Morgan fingerprint density at radius 3 is 2.90 bits per heavy atom. The van der Waals surface area contributed by atoms with Crippen LogP contribution in [0.5, 0.6) is 0 Å². The van der Waals surface area contributed by atoms with Crippen LogP contribution >= 0.6 is 8.19 Å². The van der Waals surface area contributed by atoms with Gasteiger partial charge in [0, 0.05) is 0 Å². The third kappa shape index (κ3) is 1.82. The molecule has 0 aliphatic rings. The zero-order valence-electron chi connectivity index (χ0n) is 6.54. The first-order valence-corrected chi connectivity index (χ1v) is 4.77. The van der Waals surface area contributed by atoms with Crippen LogP contribution in [0.4, 0.5) is 0 Å². The van der Waals surface area contributed by atoms with E-state index in [2.05, 4.69) is 37.6 Å². The lowest BCUT2D eigenvalue weighted by molar-refractivity contribution is 0.736. The van der Waals surface area contributed by atoms with Gasteiger partial charge in [0.05, 0.1) is 0 Å². The van der Waals surface area contributed by atoms with Crippen LogP contribution in [0.2, 0.25) is 0 Å². The first kappa shape index (κ1) is 7.75. The molecule has 1 unspecified atom stereocenters. The van der Waals surface area contributed by atoms with Gasteiger partial charge in [-0.2, -0.15) is 0 Å². The Balaban J connectivity index is 2.75. The Bertz CT molecular complexity index is 181. The molecule has 0 spiro atoms. The van der Waals surface area contributed by atoms with E-state index >= 15 is 0 Å². The van der Waals surface area contributed by atoms with E-state index in [1.807, 2.05) is 0 Å². The predicted molar refractivity (Wildman–Crippen MR) is 47.7 cm³/mol. The van der Waals surface area contributed by atoms with Gasteiger partial charge in [-0.25, -0.2) is 0 Å². The van der Waals surface area contributed by atoms with Gasteiger partial charge in [-0.15, -0.1) is 0 Å². The zero-order chi connectivity index (χ0) is 7.40. The maximum atomic E-state index is 2.29. The molecule has 0 fully saturated rings. The standard InChI is InChI=1S/C9H13P/c1-3-8(2)9-5-4-6-10-7-9/h4-8H,3H2,1-2H3. The molecule has 0 saturated carbocycles. The summed E-state index contributed by atoms with van der Waals surface area (Å²) < 4.78 is 0. The van der Waals surface area contributed by atoms with Crippen molar-refractivity contribution in [1.29, 1.82) is 0 Å². The fourth-order valence-corrected chi connectivity index (χ4v) is 1.69. The smallest absolute Gasteiger partial charge is 0.0190 e. The molecule has 0 amide bonds. The average Bonchev–Trinajstić information content (AvgIpc) is 2.05. The number of hydrogen-bond donors (Lipinski definition) is 0. The van der Waals surface area contributed by atoms with Crippen molar-refractivity contribution < 1.29 is 0 Å². The van der Waals surface area contributed by atoms with Crippen molar-refractivity contribution in [3.63, 3.8) is 0 Å². The summed E-state index contributed by atoms with van der Waals surface area (Å²) in [6.07, 6.45) is 1.24. The highest BCUT2D eigenvalue weighted by molar-refractivity contribution is 7.28. The van der Waals surface area contributed by atoms with Gasteiger partial charge in [0.25, 0.3) is 0 Å². The fourth-order valence-electron chi connectivity index (χ4n) is 0.903. The second-order valence-electron chi connectivity index (χ2n) is 2.60. The zero-order valence-corrected chi connectivity index (χ0v) is 7.44. The molecule has 0 bridgehead atoms. The number of rotatable bonds is 2. The summed E-state index contributed by atoms with van der Waals surface area (Å²) in [5.41, 5.74) is 1.49. The Hall–Kier alpha value is -0.350. The van der Waals surface area contributed by atoms with Gasteiger partial charge in [-0.1, -0.05) is 34.2 Å². The molecule has 1 aromatic heterocycles. The van der Waals surface area contributed by atoms with Gasteiger partial charge in [-0.3, -0.25) is 0 Å². The van der Waals surface area contributed by atoms with Crippen molar-refractivity contribution in [3.8, 4) is 0 Å². The van der Waals surface area contributed by atoms with Crippen LogP contribution in [0.3, 0.4) is 0 Å². The van der Waals surface area contributed by atoms with E-state index in [0.717, 1.165) is 5.92 Å². The molecule has 0 aromatic carbocycles. The third-order valence-corrected chi connectivity index (χ3v) is 2.66. The van der Waals surface area contributed by atoms with E-state index in [1.165, 1.54) is 20.2 Å². The Morgan fingerprint density at radius 2 is 2.40 bits per heavy atom. The minimum Gasteiger partial charge on any atom is -0.0762 e. The SMILES string of the molecule is CCC(C)c1cccpc1. The van der Waals surface area contributed by atoms with Crippen LogP contribution in [-0.2, 0) is 0 Å². The lowest BCUT2D eigenvalue weighted by atomic mass is 10.0. The van der Waals surface area contributed by atoms with Crippen molar-refractivity contribution in [3.05, 3.63) is 29.3 Å². The minimum absolute atomic E-state index is 0.734. The maximum absolute atomic E-state index is 2.29. The predicted octanol–water partition coefficient (Wildman–Crippen LogP) is 3.78. The summed E-state index contributed by atoms with van der Waals surface area (Å²) in [6.45, 7) is 4.51. The van der Waals surface area contributed by atoms with Gasteiger partial charge in [0.2, 0.25) is 0 Å². The van der Waals surface area contributed by atoms with Crippen molar-refractivity contribution in [2.75, 3.05) is 0 Å². The summed E-state index contributed by atoms with van der Waals surface area (Å²) in [5, 5.41) is 0. The van der Waals surface area contributed by atoms with Crippen molar-refractivity contribution in [2.24, 2.45) is 0 Å². The molecule has 1 heteroatoms. The highest BCUT2D eigenvalue weighted by Gasteiger charge is 1.99. The highest BCUT2D eigenvalue weighted by atomic mass is 31.0. The van der Waals surface area contributed by atoms with E-state index in [-0.39, 0.29) is 0 Å². The maximum Gasteiger partial charge on any atom is -0.0190 e. The van der Waals surface area contributed by atoms with Crippen LogP contribution in [0.25, 0.3) is 0 Å². The van der Waals surface area contributed by atoms with E-state index in [4.69, 9.17) is 0 Å². The summed E-state index contributed by atoms with van der Waals surface area (Å²) in [5.74, 6) is 5.18. The molecule has 1 rings (SSSR count). The monoisotopic (exact) mass is 152 g/mol. The van der Waals surface area contributed by atoms with Crippen LogP contribution < -0.4 is 0 Å². The fraction of sp³-hybridized carbons (Fsp3) is 0.444. The second kappa shape index (κ2) is 3.73. The summed E-state index contributed by atoms with van der Waals surface area (Å²) in [7, 11) is 1.34. The summed E-state index contributed by atoms with van der Waals surface area (Å²) >= 11 is 0. The summed E-state index contributed by atoms with van der Waals surface area (Å²) in [4.78, 5) is 0. The van der Waals surface area contributed by atoms with E-state index in [1.54, 1.807) is 0 Å². The molecular formula is C9H13P. The van der Waals surface area contributed by atoms with Gasteiger partial charge >= 0.3 is 0 Å². The van der Waals surface area contributed by atoms with Crippen molar-refractivity contribution in [2.45, 2.75) is 26.2 Å². The first-order valence-electron chi connectivity index (χ1n) is 3.74. The highest BCUT2D eigenvalue weighted by Crippen LogP contribution is 2.20. The molecule has 10 heavy (non-hydrogen) atoms. The molecule has 0 N–H and O–H groups in total. The number of hydrogen-bond acceptors (Lipinski definition) is 0. The molecule has 0 aliphatic carbocycles. The molecule has 0 aliphatic heterocycles. The van der Waals surface area contributed by atoms with Crippen LogP contribution in [0.1, 0.15) is 31.7 Å². The largest absolute Gasteiger partial charge is 0.0762 e. The minimum atomic E-state index is 0.734. The molecule has 1 heterocycles. The lowest BCUT2D eigenvalue weighted by Gasteiger charge is -2.06. The Kier molecular flexibility index (Phi) is 2.89. The third-order valence-electron chi connectivity index (χ3n) is 1.87. The molecule has 0 saturated heterocycles. The quantitative estimate of drug-likeness (QED) is 0.605. The van der Waals surface area contributed by atoms with Gasteiger partial charge in [0.15, 0.2) is 0 Å². The van der Waals surface area contributed by atoms with E-state index < -0.39 is 0 Å². The molecule has 54 valence electrons. The molecule has 1 atom stereocenters. The van der Waals surface area contributed by atoms with Crippen LogP contribution in [0.15, 0.2) is 23.7 Å². The topological polar surface area (TPSA) is 0 Å². The first-order chi connectivity index (χ1) is 4.84. The Morgan fingerprint density at radius 1 is 1.60 bits per heavy atom. The molecule has 0 nitrogen and oxygen atoms in total. The van der Waals surface area contributed by atoms with E-state index in [9.17, 15) is 0 Å². The lowest BCUT2D eigenvalue weighted by Crippen LogP contribution is -1.87. The molecule has 0 radical (unpaired) electrons. The average molecular weight is 152 g/mol. The van der Waals surface area contributed by atoms with Crippen molar-refractivity contribution >= 4 is 8.19 Å². The van der Waals surface area contributed by atoms with Crippen molar-refractivity contribution in [1.82, 2.24) is 0 Å². The molecular weight excluding hydrogens is 139 g/mol. The van der Waals surface area contributed by atoms with Gasteiger partial charge in [-0.05, 0) is 29.5 Å². The second-order valence-corrected chi connectivity index (χ2v) is 3.45. The Labute approximate surface area is 64.4 Å². The van der Waals surface area contributed by atoms with Gasteiger partial charge < -0.3 is 0 Å². The van der Waals surface area contributed by atoms with Crippen LogP contribution in [-0.4, -0.2) is 0 Å². The normalized spacial score (nSPS) is 13.8. The van der Waals surface area contributed by atoms with Crippen LogP contribution in [0, 0.1) is 0 Å². The molecule has 1 aromatic rings. The van der Waals surface area contributed by atoms with Gasteiger partial charge in [0.1, 0.15) is 0 Å². The summed E-state index contributed by atoms with van der Waals surface area (Å²) in [6, 6.07) is 4.35.